The van der Waals surface area contributed by atoms with Crippen LogP contribution in [0.25, 0.3) is 22.1 Å². The summed E-state index contributed by atoms with van der Waals surface area (Å²) in [5, 5.41) is 0.951. The van der Waals surface area contributed by atoms with Crippen LogP contribution in [-0.4, -0.2) is 11.6 Å². The molecule has 5 rings (SSSR count). The molecule has 29 heavy (non-hydrogen) atoms. The highest BCUT2D eigenvalue weighted by molar-refractivity contribution is 5.90. The quantitative estimate of drug-likeness (QED) is 0.461. The van der Waals surface area contributed by atoms with Crippen molar-refractivity contribution in [2.24, 2.45) is 0 Å². The van der Waals surface area contributed by atoms with Gasteiger partial charge in [-0.25, -0.2) is 4.79 Å². The first-order chi connectivity index (χ1) is 14.2. The molecule has 0 saturated carbocycles. The first-order valence-electron chi connectivity index (χ1n) is 9.74. The van der Waals surface area contributed by atoms with E-state index in [0.717, 1.165) is 34.4 Å². The first-order valence-corrected chi connectivity index (χ1v) is 9.74. The van der Waals surface area contributed by atoms with Crippen LogP contribution in [0.1, 0.15) is 16.7 Å². The summed E-state index contributed by atoms with van der Waals surface area (Å²) in [7, 11) is 0. The van der Waals surface area contributed by atoms with Gasteiger partial charge >= 0.3 is 5.63 Å². The molecule has 4 aromatic rings. The molecule has 0 saturated heterocycles. The van der Waals surface area contributed by atoms with Crippen LogP contribution in [0.4, 0.5) is 0 Å². The molecule has 2 heterocycles. The number of hydrogen-bond donors (Lipinski definition) is 0. The third-order valence-electron chi connectivity index (χ3n) is 5.49. The lowest BCUT2D eigenvalue weighted by Gasteiger charge is -2.29. The Balaban J connectivity index is 1.58. The van der Waals surface area contributed by atoms with Crippen LogP contribution in [0.5, 0.6) is 5.75 Å². The smallest absolute Gasteiger partial charge is 0.344 e. The van der Waals surface area contributed by atoms with Gasteiger partial charge in [-0.1, -0.05) is 60.7 Å². The molecule has 4 heteroatoms. The second kappa shape index (κ2) is 7.22. The zero-order valence-electron chi connectivity index (χ0n) is 16.2. The van der Waals surface area contributed by atoms with Gasteiger partial charge < -0.3 is 9.15 Å². The normalized spacial score (nSPS) is 13.8. The number of hydrogen-bond acceptors (Lipinski definition) is 4. The summed E-state index contributed by atoms with van der Waals surface area (Å²) < 4.78 is 11.8. The largest absolute Gasteiger partial charge is 0.478 e. The van der Waals surface area contributed by atoms with E-state index in [1.807, 2.05) is 67.6 Å². The van der Waals surface area contributed by atoms with Crippen LogP contribution in [0, 0.1) is 6.92 Å². The van der Waals surface area contributed by atoms with E-state index < -0.39 is 0 Å². The Morgan fingerprint density at radius 2 is 1.66 bits per heavy atom. The van der Waals surface area contributed by atoms with Crippen LogP contribution in [0.2, 0.25) is 0 Å². The molecule has 0 aliphatic carbocycles. The molecule has 1 aromatic heterocycles. The van der Waals surface area contributed by atoms with E-state index in [1.54, 1.807) is 0 Å². The Labute approximate surface area is 169 Å². The first kappa shape index (κ1) is 17.7. The average molecular weight is 383 g/mol. The molecule has 0 atom stereocenters. The highest BCUT2D eigenvalue weighted by atomic mass is 16.5. The van der Waals surface area contributed by atoms with Gasteiger partial charge in [0, 0.05) is 18.5 Å². The van der Waals surface area contributed by atoms with Gasteiger partial charge in [-0.15, -0.1) is 0 Å². The summed E-state index contributed by atoms with van der Waals surface area (Å²) in [6, 6.07) is 24.0. The summed E-state index contributed by atoms with van der Waals surface area (Å²) >= 11 is 0. The van der Waals surface area contributed by atoms with E-state index in [1.165, 1.54) is 5.56 Å². The predicted octanol–water partition coefficient (Wildman–Crippen LogP) is 5.12. The molecule has 1 aliphatic heterocycles. The Kier molecular flexibility index (Phi) is 4.41. The fraction of sp³-hybridized carbons (Fsp3) is 0.160. The standard InChI is InChI=1S/C25H21NO3/c1-17-20-12-13-22-21(15-26(16-28-22)14-18-8-4-2-5-9-18)24(20)29-25(27)23(17)19-10-6-3-7-11-19/h2-13H,14-16H2,1H3. The summed E-state index contributed by atoms with van der Waals surface area (Å²) in [5.41, 5.74) is 4.91. The fourth-order valence-corrected chi connectivity index (χ4v) is 4.05. The number of fused-ring (bicyclic) bond motifs is 3. The third-order valence-corrected chi connectivity index (χ3v) is 5.49. The maximum atomic E-state index is 12.9. The number of aryl methyl sites for hydroxylation is 1. The van der Waals surface area contributed by atoms with E-state index in [0.29, 0.717) is 24.4 Å². The van der Waals surface area contributed by atoms with E-state index in [9.17, 15) is 4.79 Å². The van der Waals surface area contributed by atoms with Gasteiger partial charge in [0.2, 0.25) is 0 Å². The van der Waals surface area contributed by atoms with Crippen LogP contribution in [-0.2, 0) is 13.1 Å². The maximum Gasteiger partial charge on any atom is 0.344 e. The molecule has 1 aliphatic rings. The van der Waals surface area contributed by atoms with E-state index in [2.05, 4.69) is 17.0 Å². The van der Waals surface area contributed by atoms with Gasteiger partial charge in [-0.2, -0.15) is 0 Å². The van der Waals surface area contributed by atoms with Crippen molar-refractivity contribution < 1.29 is 9.15 Å². The lowest BCUT2D eigenvalue weighted by Crippen LogP contribution is -2.31. The van der Waals surface area contributed by atoms with Crippen LogP contribution in [0.3, 0.4) is 0 Å². The molecule has 144 valence electrons. The highest BCUT2D eigenvalue weighted by Crippen LogP contribution is 2.35. The second-order valence-corrected chi connectivity index (χ2v) is 7.42. The minimum absolute atomic E-state index is 0.310. The Hall–Kier alpha value is -3.37. The zero-order valence-corrected chi connectivity index (χ0v) is 16.2. The van der Waals surface area contributed by atoms with E-state index in [4.69, 9.17) is 9.15 Å². The molecular weight excluding hydrogens is 362 g/mol. The number of nitrogens with zero attached hydrogens (tertiary/aromatic N) is 1. The molecule has 0 N–H and O–H groups in total. The molecule has 4 nitrogen and oxygen atoms in total. The topological polar surface area (TPSA) is 42.7 Å². The number of ether oxygens (including phenoxy) is 1. The molecule has 0 bridgehead atoms. The third kappa shape index (κ3) is 3.22. The number of rotatable bonds is 3. The lowest BCUT2D eigenvalue weighted by atomic mass is 9.97. The minimum atomic E-state index is -0.310. The zero-order chi connectivity index (χ0) is 19.8. The molecule has 0 spiro atoms. The van der Waals surface area contributed by atoms with Gasteiger partial charge in [-0.05, 0) is 35.7 Å². The van der Waals surface area contributed by atoms with E-state index >= 15 is 0 Å². The SMILES string of the molecule is Cc1c(-c2ccccc2)c(=O)oc2c3c(ccc12)OCN(Cc1ccccc1)C3. The molecule has 0 radical (unpaired) electrons. The average Bonchev–Trinajstić information content (AvgIpc) is 2.75. The summed E-state index contributed by atoms with van der Waals surface area (Å²) in [6.45, 7) is 3.95. The molecule has 0 fully saturated rings. The summed E-state index contributed by atoms with van der Waals surface area (Å²) in [5.74, 6) is 0.789. The van der Waals surface area contributed by atoms with Crippen LogP contribution >= 0.6 is 0 Å². The van der Waals surface area contributed by atoms with Crippen molar-refractivity contribution in [3.63, 3.8) is 0 Å². The van der Waals surface area contributed by atoms with Gasteiger partial charge in [0.05, 0.1) is 11.1 Å². The Bertz CT molecular complexity index is 1230. The predicted molar refractivity (Wildman–Crippen MR) is 114 cm³/mol. The summed E-state index contributed by atoms with van der Waals surface area (Å²) in [6.07, 6.45) is 0. The fourth-order valence-electron chi connectivity index (χ4n) is 4.05. The molecule has 3 aromatic carbocycles. The van der Waals surface area contributed by atoms with Gasteiger partial charge in [0.15, 0.2) is 0 Å². The van der Waals surface area contributed by atoms with Gasteiger partial charge in [0.1, 0.15) is 18.1 Å². The lowest BCUT2D eigenvalue weighted by molar-refractivity contribution is 0.0890. The van der Waals surface area contributed by atoms with Gasteiger partial charge in [0.25, 0.3) is 0 Å². The molecule has 0 unspecified atom stereocenters. The van der Waals surface area contributed by atoms with Crippen molar-refractivity contribution in [1.29, 1.82) is 0 Å². The molecule has 0 amide bonds. The van der Waals surface area contributed by atoms with Crippen LogP contribution in [0.15, 0.2) is 82.0 Å². The summed E-state index contributed by atoms with van der Waals surface area (Å²) in [4.78, 5) is 15.1. The monoisotopic (exact) mass is 383 g/mol. The Morgan fingerprint density at radius 1 is 0.931 bits per heavy atom. The second-order valence-electron chi connectivity index (χ2n) is 7.42. The van der Waals surface area contributed by atoms with Crippen molar-refractivity contribution >= 4 is 11.0 Å². The maximum absolute atomic E-state index is 12.9. The van der Waals surface area contributed by atoms with Crippen LogP contribution < -0.4 is 10.4 Å². The van der Waals surface area contributed by atoms with Crippen molar-refractivity contribution in [3.8, 4) is 16.9 Å². The van der Waals surface area contributed by atoms with Crippen molar-refractivity contribution in [1.82, 2.24) is 4.90 Å². The minimum Gasteiger partial charge on any atom is -0.478 e. The Morgan fingerprint density at radius 3 is 2.41 bits per heavy atom. The molecular formula is C25H21NO3. The van der Waals surface area contributed by atoms with Crippen molar-refractivity contribution in [3.05, 3.63) is 99.9 Å². The van der Waals surface area contributed by atoms with E-state index in [-0.39, 0.29) is 5.63 Å². The van der Waals surface area contributed by atoms with Crippen molar-refractivity contribution in [2.75, 3.05) is 6.73 Å². The van der Waals surface area contributed by atoms with Gasteiger partial charge in [-0.3, -0.25) is 4.90 Å². The number of benzene rings is 3. The van der Waals surface area contributed by atoms with Crippen molar-refractivity contribution in [2.45, 2.75) is 20.0 Å². The highest BCUT2D eigenvalue weighted by Gasteiger charge is 2.23.